The first-order valence-electron chi connectivity index (χ1n) is 27.7. The van der Waals surface area contributed by atoms with Crippen LogP contribution in [0.15, 0.2) is 220 Å². The van der Waals surface area contributed by atoms with E-state index in [1.807, 2.05) is 55.4 Å². The highest BCUT2D eigenvalue weighted by molar-refractivity contribution is 5.82. The Morgan fingerprint density at radius 3 is 1.51 bits per heavy atom. The molecule has 0 N–H and O–H groups in total. The van der Waals surface area contributed by atoms with Crippen molar-refractivity contribution >= 4 is 5.69 Å². The Labute approximate surface area is 444 Å². The number of fused-ring (bicyclic) bond motifs is 2. The number of terminal acetylenes is 1. The van der Waals surface area contributed by atoms with Crippen molar-refractivity contribution in [3.05, 3.63) is 243 Å². The van der Waals surface area contributed by atoms with Crippen LogP contribution in [0.4, 0.5) is 5.69 Å². The maximum Gasteiger partial charge on any atom is 0.0493 e. The number of allylic oxidation sites excluding steroid dienone is 15. The Morgan fingerprint density at radius 1 is 0.507 bits per heavy atom. The van der Waals surface area contributed by atoms with Crippen molar-refractivity contribution in [2.75, 3.05) is 4.90 Å². The highest BCUT2D eigenvalue weighted by atomic mass is 15.2. The lowest BCUT2D eigenvalue weighted by Crippen LogP contribution is -2.40. The summed E-state index contributed by atoms with van der Waals surface area (Å²) >= 11 is 0. The van der Waals surface area contributed by atoms with Crippen molar-refractivity contribution in [2.24, 2.45) is 5.41 Å². The molecule has 0 spiro atoms. The van der Waals surface area contributed by atoms with Crippen molar-refractivity contribution < 1.29 is 0 Å². The van der Waals surface area contributed by atoms with Crippen molar-refractivity contribution in [3.63, 3.8) is 0 Å². The molecule has 0 amide bonds. The maximum atomic E-state index is 4.00. The van der Waals surface area contributed by atoms with Gasteiger partial charge in [0, 0.05) is 33.3 Å². The van der Waals surface area contributed by atoms with Crippen molar-refractivity contribution in [2.45, 2.75) is 153 Å². The highest BCUT2D eigenvalue weighted by Crippen LogP contribution is 2.57. The summed E-state index contributed by atoms with van der Waals surface area (Å²) in [6.07, 6.45) is 31.0. The van der Waals surface area contributed by atoms with Gasteiger partial charge in [0.1, 0.15) is 0 Å². The monoisotopic (exact) mass is 966 g/mol. The predicted molar refractivity (Wildman–Crippen MR) is 323 cm³/mol. The molecule has 5 aromatic carbocycles. The lowest BCUT2D eigenvalue weighted by Gasteiger charge is -2.48. The SMILES string of the molecule is C#C.C/C=C\C1=C(C)C(C)(C)C2=C1CCC(N(C1=C(C3=C(C4(C)c5ccccc5C(C)(C)c5ccccc54)CCC=C3)CCC=C1)c1cc(-c3ccccc3)cc(-c3ccccc3)c1)=C2.CC.CC.CC.CC. The molecular weight excluding hydrogens is 879 g/mol. The molecule has 0 aliphatic heterocycles. The van der Waals surface area contributed by atoms with Gasteiger partial charge in [-0.3, -0.25) is 0 Å². The van der Waals surface area contributed by atoms with Gasteiger partial charge >= 0.3 is 0 Å². The number of rotatable bonds is 8. The Hall–Kier alpha value is -6.62. The molecule has 0 atom stereocenters. The second-order valence-corrected chi connectivity index (χ2v) is 19.5. The molecule has 0 saturated heterocycles. The lowest BCUT2D eigenvalue weighted by molar-refractivity contribution is 0.522. The molecule has 0 radical (unpaired) electrons. The van der Waals surface area contributed by atoms with E-state index in [0.717, 1.165) is 38.5 Å². The molecule has 5 aliphatic rings. The zero-order chi connectivity index (χ0) is 53.5. The van der Waals surface area contributed by atoms with E-state index in [9.17, 15) is 0 Å². The van der Waals surface area contributed by atoms with Gasteiger partial charge in [-0.15, -0.1) is 12.8 Å². The van der Waals surface area contributed by atoms with E-state index in [2.05, 4.69) is 236 Å². The van der Waals surface area contributed by atoms with Crippen LogP contribution in [0, 0.1) is 18.3 Å². The molecule has 0 heterocycles. The van der Waals surface area contributed by atoms with Gasteiger partial charge in [-0.25, -0.2) is 0 Å². The van der Waals surface area contributed by atoms with E-state index in [4.69, 9.17) is 0 Å². The van der Waals surface area contributed by atoms with Gasteiger partial charge in [0.25, 0.3) is 0 Å². The number of hydrogen-bond acceptors (Lipinski definition) is 1. The molecule has 73 heavy (non-hydrogen) atoms. The van der Waals surface area contributed by atoms with Crippen LogP contribution in [0.5, 0.6) is 0 Å². The summed E-state index contributed by atoms with van der Waals surface area (Å²) in [5.74, 6) is 0. The van der Waals surface area contributed by atoms with Crippen LogP contribution >= 0.6 is 0 Å². The molecule has 10 rings (SSSR count). The van der Waals surface area contributed by atoms with Gasteiger partial charge in [0.2, 0.25) is 0 Å². The second kappa shape index (κ2) is 25.9. The third-order valence-electron chi connectivity index (χ3n) is 15.4. The first kappa shape index (κ1) is 57.3. The minimum absolute atomic E-state index is 0.0614. The van der Waals surface area contributed by atoms with E-state index in [1.165, 1.54) is 95.0 Å². The fraction of sp³-hybridized carbons (Fsp3) is 0.333. The van der Waals surface area contributed by atoms with Crippen LogP contribution in [0.2, 0.25) is 0 Å². The minimum Gasteiger partial charge on any atom is -0.314 e. The molecule has 0 fully saturated rings. The van der Waals surface area contributed by atoms with Gasteiger partial charge in [-0.2, -0.15) is 0 Å². The van der Waals surface area contributed by atoms with Crippen LogP contribution in [-0.4, -0.2) is 0 Å². The largest absolute Gasteiger partial charge is 0.314 e. The standard InChI is InChI=1S/C62H61N.4C2H6.C2H2/c1-8-23-49-42(2)60(3,4)58-41-47(36-37-51(49)58)63(48-39-45(43-24-11-9-12-25-43)38-46(40-48)44-26-13-10-14-27-44)59-35-22-16-29-52(59)50-28-15-17-30-53(50)62(7)56-33-20-18-31-54(56)61(5,6)55-32-19-21-34-57(55)62;5*1-2/h8-15,18-28,31-35,38-41H,16-17,29-30,36-37H2,1-7H3;4*1-2H3;1-2H/b23-8-;;;;;. The summed E-state index contributed by atoms with van der Waals surface area (Å²) in [6.45, 7) is 32.7. The van der Waals surface area contributed by atoms with Crippen molar-refractivity contribution in [3.8, 4) is 35.1 Å². The van der Waals surface area contributed by atoms with Crippen LogP contribution in [-0.2, 0) is 10.8 Å². The van der Waals surface area contributed by atoms with Gasteiger partial charge in [0.15, 0.2) is 0 Å². The van der Waals surface area contributed by atoms with E-state index < -0.39 is 0 Å². The fourth-order valence-electron chi connectivity index (χ4n) is 11.8. The van der Waals surface area contributed by atoms with Gasteiger partial charge in [0.05, 0.1) is 0 Å². The first-order chi connectivity index (χ1) is 35.5. The van der Waals surface area contributed by atoms with Crippen LogP contribution < -0.4 is 4.90 Å². The summed E-state index contributed by atoms with van der Waals surface area (Å²) < 4.78 is 0. The van der Waals surface area contributed by atoms with Crippen molar-refractivity contribution in [1.82, 2.24) is 0 Å². The Morgan fingerprint density at radius 2 is 0.986 bits per heavy atom. The van der Waals surface area contributed by atoms with Crippen LogP contribution in [0.3, 0.4) is 0 Å². The Balaban J connectivity index is 0.000000933. The van der Waals surface area contributed by atoms with E-state index in [0.29, 0.717) is 0 Å². The number of benzene rings is 5. The number of anilines is 1. The second-order valence-electron chi connectivity index (χ2n) is 19.5. The topological polar surface area (TPSA) is 3.24 Å². The third kappa shape index (κ3) is 10.9. The van der Waals surface area contributed by atoms with Crippen molar-refractivity contribution in [1.29, 1.82) is 0 Å². The third-order valence-corrected chi connectivity index (χ3v) is 15.4. The van der Waals surface area contributed by atoms with Gasteiger partial charge in [-0.05, 0) is 168 Å². The summed E-state index contributed by atoms with van der Waals surface area (Å²) in [6, 6.07) is 47.9. The van der Waals surface area contributed by atoms with E-state index >= 15 is 0 Å². The van der Waals surface area contributed by atoms with E-state index in [1.54, 1.807) is 5.57 Å². The Bertz CT molecular complexity index is 2840. The highest BCUT2D eigenvalue weighted by Gasteiger charge is 2.47. The summed E-state index contributed by atoms with van der Waals surface area (Å²) in [5, 5.41) is 0. The first-order valence-corrected chi connectivity index (χ1v) is 27.7. The number of nitrogens with zero attached hydrogens (tertiary/aromatic N) is 1. The summed E-state index contributed by atoms with van der Waals surface area (Å²) in [7, 11) is 0. The molecule has 380 valence electrons. The maximum absolute atomic E-state index is 4.00. The predicted octanol–water partition coefficient (Wildman–Crippen LogP) is 21.0. The summed E-state index contributed by atoms with van der Waals surface area (Å²) in [5.41, 5.74) is 24.4. The molecule has 0 aromatic heterocycles. The van der Waals surface area contributed by atoms with Gasteiger partial charge in [-0.1, -0.05) is 228 Å². The fourth-order valence-corrected chi connectivity index (χ4v) is 11.8. The molecular formula is C72H87N. The molecule has 1 nitrogen and oxygen atoms in total. The van der Waals surface area contributed by atoms with Gasteiger partial charge < -0.3 is 4.90 Å². The molecule has 1 heteroatoms. The quantitative estimate of drug-likeness (QED) is 0.140. The molecule has 0 saturated carbocycles. The minimum atomic E-state index is -0.287. The van der Waals surface area contributed by atoms with Crippen LogP contribution in [0.25, 0.3) is 22.3 Å². The average molecular weight is 966 g/mol. The summed E-state index contributed by atoms with van der Waals surface area (Å²) in [4.78, 5) is 2.69. The van der Waals surface area contributed by atoms with Crippen LogP contribution in [0.1, 0.15) is 165 Å². The average Bonchev–Trinajstić information content (AvgIpc) is 3.65. The molecule has 5 aliphatic carbocycles. The smallest absolute Gasteiger partial charge is 0.0493 e. The Kier molecular flexibility index (Phi) is 20.3. The lowest BCUT2D eigenvalue weighted by atomic mass is 9.55. The van der Waals surface area contributed by atoms with E-state index in [-0.39, 0.29) is 16.2 Å². The molecule has 5 aromatic rings. The number of hydrogen-bond donors (Lipinski definition) is 0. The normalized spacial score (nSPS) is 17.3. The zero-order valence-corrected chi connectivity index (χ0v) is 47.5. The molecule has 0 bridgehead atoms. The molecule has 0 unspecified atom stereocenters. The zero-order valence-electron chi connectivity index (χ0n) is 47.5.